The highest BCUT2D eigenvalue weighted by Gasteiger charge is 2.17. The second kappa shape index (κ2) is 0.677. The summed E-state index contributed by atoms with van der Waals surface area (Å²) in [5.41, 5.74) is 6.10. The van der Waals surface area contributed by atoms with Crippen molar-refractivity contribution in [1.29, 1.82) is 0 Å². The van der Waals surface area contributed by atoms with E-state index in [9.17, 15) is 0 Å². The summed E-state index contributed by atoms with van der Waals surface area (Å²) in [6, 6.07) is 0. The maximum absolute atomic E-state index is 5.07. The minimum Gasteiger partial charge on any atom is -0.320 e. The lowest BCUT2D eigenvalue weighted by Crippen LogP contribution is -2.05. The van der Waals surface area contributed by atoms with Crippen molar-refractivity contribution in [3.63, 3.8) is 0 Å². The molecule has 0 fully saturated rings. The number of hydrogen-bond donors (Lipinski definition) is 1. The van der Waals surface area contributed by atoms with Gasteiger partial charge in [-0.05, 0) is 0 Å². The Bertz CT molecular complexity index is 97.5. The second-order valence-corrected chi connectivity index (χ2v) is 0.954. The molecule has 0 aromatic carbocycles. The normalized spacial score (nSPS) is 15.0. The Morgan fingerprint density at radius 1 is 2.00 bits per heavy atom. The van der Waals surface area contributed by atoms with E-state index < -0.39 is 0 Å². The molecule has 0 spiro atoms. The molecule has 1 aliphatic rings. The Morgan fingerprint density at radius 3 is 2.60 bits per heavy atom. The molecule has 1 aliphatic heterocycles. The van der Waals surface area contributed by atoms with E-state index in [0.29, 0.717) is 6.54 Å². The first kappa shape index (κ1) is 2.64. The molecular weight excluding hydrogens is 64.0 g/mol. The van der Waals surface area contributed by atoms with E-state index in [1.165, 1.54) is 0 Å². The van der Waals surface area contributed by atoms with Gasteiger partial charge in [-0.25, -0.2) is 0 Å². The van der Waals surface area contributed by atoms with Gasteiger partial charge in [-0.15, -0.1) is 0 Å². The number of nitrogens with two attached hydrogens (primary N) is 1. The molecule has 1 rings (SSSR count). The Kier molecular flexibility index (Phi) is 0.357. The summed E-state index contributed by atoms with van der Waals surface area (Å²) in [6.45, 7) is 0.611. The highest BCUT2D eigenvalue weighted by molar-refractivity contribution is 6.40. The molecular formula is C3H5N2+. The lowest BCUT2D eigenvalue weighted by Gasteiger charge is -1.51. The Labute approximate surface area is 30.0 Å². The van der Waals surface area contributed by atoms with E-state index in [0.717, 1.165) is 5.71 Å². The molecule has 26 valence electrons. The molecule has 0 aromatic heterocycles. The molecule has 2 nitrogen and oxygen atoms in total. The number of rotatable bonds is 1. The van der Waals surface area contributed by atoms with Crippen molar-refractivity contribution >= 4 is 11.9 Å². The fourth-order valence-electron chi connectivity index (χ4n) is 0.151. The molecule has 0 radical (unpaired) electrons. The van der Waals surface area contributed by atoms with Crippen molar-refractivity contribution in [1.82, 2.24) is 4.67 Å². The summed E-state index contributed by atoms with van der Waals surface area (Å²) in [4.78, 5) is 0. The molecule has 0 aliphatic carbocycles. The number of hydrogen-bond acceptors (Lipinski definition) is 1. The predicted molar refractivity (Wildman–Crippen MR) is 22.3 cm³/mol. The molecule has 5 heavy (non-hydrogen) atoms. The molecule has 2 N–H and O–H groups in total. The van der Waals surface area contributed by atoms with Crippen molar-refractivity contribution in [3.05, 3.63) is 0 Å². The minimum atomic E-state index is 0.611. The zero-order valence-corrected chi connectivity index (χ0v) is 2.81. The fourth-order valence-corrected chi connectivity index (χ4v) is 0.151. The topological polar surface area (TPSA) is 40.1 Å². The molecule has 0 amide bonds. The van der Waals surface area contributed by atoms with Gasteiger partial charge in [-0.3, -0.25) is 0 Å². The molecule has 2 heteroatoms. The Balaban J connectivity index is 2.30. The van der Waals surface area contributed by atoms with Crippen LogP contribution in [0.4, 0.5) is 0 Å². The van der Waals surface area contributed by atoms with Crippen LogP contribution in [0.1, 0.15) is 0 Å². The SMILES string of the molecule is NCC1=[N+]=C1. The summed E-state index contributed by atoms with van der Waals surface area (Å²) >= 11 is 0. The zero-order chi connectivity index (χ0) is 3.70. The van der Waals surface area contributed by atoms with Crippen LogP contribution in [0.2, 0.25) is 0 Å². The zero-order valence-electron chi connectivity index (χ0n) is 2.81. The largest absolute Gasteiger partial charge is 0.398 e. The van der Waals surface area contributed by atoms with Gasteiger partial charge in [0.15, 0.2) is 0 Å². The van der Waals surface area contributed by atoms with Gasteiger partial charge < -0.3 is 5.73 Å². The summed E-state index contributed by atoms with van der Waals surface area (Å²) in [5, 5.41) is 0. The van der Waals surface area contributed by atoms with Crippen LogP contribution in [-0.4, -0.2) is 18.5 Å². The van der Waals surface area contributed by atoms with Crippen LogP contribution in [0.3, 0.4) is 0 Å². The molecule has 0 unspecified atom stereocenters. The third-order valence-electron chi connectivity index (χ3n) is 0.521. The van der Waals surface area contributed by atoms with Crippen LogP contribution in [0, 0.1) is 0 Å². The van der Waals surface area contributed by atoms with Crippen LogP contribution in [-0.2, 0) is 0 Å². The summed E-state index contributed by atoms with van der Waals surface area (Å²) in [5.74, 6) is 0. The highest BCUT2D eigenvalue weighted by Crippen LogP contribution is 1.60. The van der Waals surface area contributed by atoms with Crippen LogP contribution < -0.4 is 10.4 Å². The first-order valence-corrected chi connectivity index (χ1v) is 1.53. The van der Waals surface area contributed by atoms with Gasteiger partial charge in [-0.2, -0.15) is 0 Å². The third kappa shape index (κ3) is 0.349. The monoisotopic (exact) mass is 69.0 g/mol. The molecule has 0 bridgehead atoms. The van der Waals surface area contributed by atoms with Crippen LogP contribution in [0.5, 0.6) is 0 Å². The molecule has 1 heterocycles. The maximum atomic E-state index is 5.07. The average Bonchev–Trinajstić information content (AvgIpc) is 2.12. The minimum absolute atomic E-state index is 0.611. The lowest BCUT2D eigenvalue weighted by molar-refractivity contribution is 1.34. The Morgan fingerprint density at radius 2 is 2.60 bits per heavy atom. The summed E-state index contributed by atoms with van der Waals surface area (Å²) in [6.07, 6.45) is 1.76. The van der Waals surface area contributed by atoms with Crippen LogP contribution in [0.25, 0.3) is 0 Å². The highest BCUT2D eigenvalue weighted by atomic mass is 14.8. The van der Waals surface area contributed by atoms with Gasteiger partial charge in [0.1, 0.15) is 6.54 Å². The van der Waals surface area contributed by atoms with Gasteiger partial charge in [0, 0.05) is 0 Å². The van der Waals surface area contributed by atoms with Crippen molar-refractivity contribution < 1.29 is 0 Å². The number of nitrogens with zero attached hydrogens (tertiary/aromatic N) is 1. The van der Waals surface area contributed by atoms with Gasteiger partial charge in [0.05, 0.1) is 0 Å². The van der Waals surface area contributed by atoms with E-state index in [4.69, 9.17) is 5.73 Å². The quantitative estimate of drug-likeness (QED) is 0.375. The molecule has 0 saturated heterocycles. The van der Waals surface area contributed by atoms with Crippen molar-refractivity contribution in [2.75, 3.05) is 6.54 Å². The van der Waals surface area contributed by atoms with Crippen molar-refractivity contribution in [2.24, 2.45) is 5.73 Å². The van der Waals surface area contributed by atoms with Gasteiger partial charge in [-0.1, -0.05) is 4.67 Å². The van der Waals surface area contributed by atoms with E-state index in [1.807, 2.05) is 0 Å². The second-order valence-electron chi connectivity index (χ2n) is 0.954. The predicted octanol–water partition coefficient (Wildman–Crippen LogP) is -1.46. The maximum Gasteiger partial charge on any atom is 0.398 e. The summed E-state index contributed by atoms with van der Waals surface area (Å²) in [7, 11) is 0. The Hall–Kier alpha value is -0.590. The lowest BCUT2D eigenvalue weighted by atomic mass is 10.5. The average molecular weight is 69.1 g/mol. The fraction of sp³-hybridized carbons (Fsp3) is 0.333. The van der Waals surface area contributed by atoms with E-state index in [-0.39, 0.29) is 0 Å². The third-order valence-corrected chi connectivity index (χ3v) is 0.521. The van der Waals surface area contributed by atoms with Crippen molar-refractivity contribution in [3.8, 4) is 0 Å². The smallest absolute Gasteiger partial charge is 0.320 e. The van der Waals surface area contributed by atoms with Gasteiger partial charge >= 0.3 is 11.9 Å². The van der Waals surface area contributed by atoms with E-state index >= 15 is 0 Å². The first-order chi connectivity index (χ1) is 2.43. The van der Waals surface area contributed by atoms with Crippen LogP contribution in [0.15, 0.2) is 0 Å². The van der Waals surface area contributed by atoms with Gasteiger partial charge in [0.2, 0.25) is 0 Å². The standard InChI is InChI=1S/C3H5N2/c4-1-3-2-5-3/h2H,1,4H2/q+1. The van der Waals surface area contributed by atoms with Crippen LogP contribution >= 0.6 is 0 Å². The van der Waals surface area contributed by atoms with Gasteiger partial charge in [0.25, 0.3) is 0 Å². The van der Waals surface area contributed by atoms with E-state index in [2.05, 4.69) is 4.67 Å². The molecule has 0 atom stereocenters. The van der Waals surface area contributed by atoms with Crippen molar-refractivity contribution in [2.45, 2.75) is 0 Å². The summed E-state index contributed by atoms with van der Waals surface area (Å²) < 4.78 is 3.69. The van der Waals surface area contributed by atoms with E-state index in [1.54, 1.807) is 6.21 Å². The first-order valence-electron chi connectivity index (χ1n) is 1.53. The molecule has 0 saturated carbocycles. The molecule has 0 aromatic rings.